The Kier molecular flexibility index (Phi) is 4.79. The number of methoxy groups -OCH3 is 1. The molecule has 0 saturated heterocycles. The predicted molar refractivity (Wildman–Crippen MR) is 95.9 cm³/mol. The molecule has 1 aromatic heterocycles. The molecule has 0 spiro atoms. The van der Waals surface area contributed by atoms with E-state index in [4.69, 9.17) is 9.47 Å². The number of nitrogens with one attached hydrogen (secondary N) is 2. The first kappa shape index (κ1) is 17.1. The van der Waals surface area contributed by atoms with E-state index in [9.17, 15) is 4.79 Å². The summed E-state index contributed by atoms with van der Waals surface area (Å²) < 4.78 is 11.3. The highest BCUT2D eigenvalue weighted by molar-refractivity contribution is 5.81. The standard InChI is InChI=1S/C19H23N3O3/c1-19(2)10-16(15-9-14(24-3)6-7-17(15)25-19)22-18(23)12-21-13-5-4-8-20-11-13/h4-9,11,16,21H,10,12H2,1-3H3,(H,22,23). The second-order valence-electron chi connectivity index (χ2n) is 6.68. The normalized spacial score (nSPS) is 17.8. The lowest BCUT2D eigenvalue weighted by Crippen LogP contribution is -2.42. The van der Waals surface area contributed by atoms with Crippen LogP contribution in [0, 0.1) is 0 Å². The van der Waals surface area contributed by atoms with Crippen molar-refractivity contribution in [1.82, 2.24) is 10.3 Å². The van der Waals surface area contributed by atoms with E-state index in [0.717, 1.165) is 22.7 Å². The smallest absolute Gasteiger partial charge is 0.239 e. The third-order valence-corrected chi connectivity index (χ3v) is 4.12. The average molecular weight is 341 g/mol. The molecule has 3 rings (SSSR count). The Hall–Kier alpha value is -2.76. The highest BCUT2D eigenvalue weighted by atomic mass is 16.5. The summed E-state index contributed by atoms with van der Waals surface area (Å²) in [4.78, 5) is 16.4. The van der Waals surface area contributed by atoms with E-state index in [1.807, 2.05) is 44.2 Å². The Morgan fingerprint density at radius 2 is 2.24 bits per heavy atom. The lowest BCUT2D eigenvalue weighted by atomic mass is 9.89. The van der Waals surface area contributed by atoms with E-state index in [-0.39, 0.29) is 24.1 Å². The van der Waals surface area contributed by atoms with E-state index in [2.05, 4.69) is 15.6 Å². The number of anilines is 1. The van der Waals surface area contributed by atoms with Crippen LogP contribution in [0.4, 0.5) is 5.69 Å². The van der Waals surface area contributed by atoms with Gasteiger partial charge in [0, 0.05) is 24.4 Å². The second-order valence-corrected chi connectivity index (χ2v) is 6.68. The molecule has 1 unspecified atom stereocenters. The van der Waals surface area contributed by atoms with E-state index in [1.165, 1.54) is 0 Å². The van der Waals surface area contributed by atoms with Crippen LogP contribution in [0.3, 0.4) is 0 Å². The molecule has 2 heterocycles. The Bertz CT molecular complexity index is 747. The van der Waals surface area contributed by atoms with Gasteiger partial charge >= 0.3 is 0 Å². The van der Waals surface area contributed by atoms with Crippen LogP contribution in [0.1, 0.15) is 31.9 Å². The summed E-state index contributed by atoms with van der Waals surface area (Å²) in [5.41, 5.74) is 1.40. The first-order valence-corrected chi connectivity index (χ1v) is 8.27. The monoisotopic (exact) mass is 341 g/mol. The molecule has 1 aliphatic rings. The molecule has 6 heteroatoms. The largest absolute Gasteiger partial charge is 0.497 e. The molecule has 6 nitrogen and oxygen atoms in total. The molecule has 0 saturated carbocycles. The Labute approximate surface area is 147 Å². The van der Waals surface area contributed by atoms with Gasteiger partial charge in [0.25, 0.3) is 0 Å². The van der Waals surface area contributed by atoms with Gasteiger partial charge in [-0.05, 0) is 44.2 Å². The number of fused-ring (bicyclic) bond motifs is 1. The molecule has 1 aromatic carbocycles. The maximum Gasteiger partial charge on any atom is 0.239 e. The maximum absolute atomic E-state index is 12.4. The van der Waals surface area contributed by atoms with Gasteiger partial charge in [-0.1, -0.05) is 0 Å². The topological polar surface area (TPSA) is 72.5 Å². The molecule has 0 radical (unpaired) electrons. The van der Waals surface area contributed by atoms with Gasteiger partial charge < -0.3 is 20.1 Å². The molecule has 2 N–H and O–H groups in total. The van der Waals surface area contributed by atoms with Crippen molar-refractivity contribution < 1.29 is 14.3 Å². The summed E-state index contributed by atoms with van der Waals surface area (Å²) >= 11 is 0. The maximum atomic E-state index is 12.4. The number of hydrogen-bond acceptors (Lipinski definition) is 5. The number of amides is 1. The molecule has 1 amide bonds. The number of ether oxygens (including phenoxy) is 2. The molecule has 2 aromatic rings. The van der Waals surface area contributed by atoms with Crippen molar-refractivity contribution in [3.8, 4) is 11.5 Å². The van der Waals surface area contributed by atoms with Crippen molar-refractivity contribution in [3.63, 3.8) is 0 Å². The van der Waals surface area contributed by atoms with Crippen molar-refractivity contribution in [2.24, 2.45) is 0 Å². The van der Waals surface area contributed by atoms with Crippen LogP contribution in [0.15, 0.2) is 42.7 Å². The van der Waals surface area contributed by atoms with Gasteiger partial charge in [0.2, 0.25) is 5.91 Å². The Balaban J connectivity index is 1.71. The van der Waals surface area contributed by atoms with Gasteiger partial charge in [-0.2, -0.15) is 0 Å². The lowest BCUT2D eigenvalue weighted by Gasteiger charge is -2.38. The minimum atomic E-state index is -0.351. The van der Waals surface area contributed by atoms with Crippen molar-refractivity contribution in [1.29, 1.82) is 0 Å². The predicted octanol–water partition coefficient (Wildman–Crippen LogP) is 2.92. The summed E-state index contributed by atoms with van der Waals surface area (Å²) in [5, 5.41) is 6.17. The number of nitrogens with zero attached hydrogens (tertiary/aromatic N) is 1. The quantitative estimate of drug-likeness (QED) is 0.875. The van der Waals surface area contributed by atoms with E-state index in [0.29, 0.717) is 6.42 Å². The third-order valence-electron chi connectivity index (χ3n) is 4.12. The summed E-state index contributed by atoms with van der Waals surface area (Å²) in [6.07, 6.45) is 4.07. The summed E-state index contributed by atoms with van der Waals surface area (Å²) in [7, 11) is 1.63. The van der Waals surface area contributed by atoms with Crippen LogP contribution in [0.25, 0.3) is 0 Å². The minimum Gasteiger partial charge on any atom is -0.497 e. The Morgan fingerprint density at radius 3 is 2.96 bits per heavy atom. The first-order valence-electron chi connectivity index (χ1n) is 8.27. The number of pyridine rings is 1. The lowest BCUT2D eigenvalue weighted by molar-refractivity contribution is -0.120. The van der Waals surface area contributed by atoms with Crippen LogP contribution in [0.5, 0.6) is 11.5 Å². The molecule has 1 aliphatic heterocycles. The highest BCUT2D eigenvalue weighted by Gasteiger charge is 2.34. The summed E-state index contributed by atoms with van der Waals surface area (Å²) in [6.45, 7) is 4.23. The number of hydrogen-bond donors (Lipinski definition) is 2. The molecule has 0 aliphatic carbocycles. The molecular formula is C19H23N3O3. The molecular weight excluding hydrogens is 318 g/mol. The molecule has 0 fully saturated rings. The zero-order valence-electron chi connectivity index (χ0n) is 14.7. The van der Waals surface area contributed by atoms with Gasteiger partial charge in [-0.3, -0.25) is 9.78 Å². The summed E-state index contributed by atoms with van der Waals surface area (Å²) in [5.74, 6) is 1.44. The van der Waals surface area contributed by atoms with Gasteiger partial charge in [-0.15, -0.1) is 0 Å². The van der Waals surface area contributed by atoms with E-state index < -0.39 is 0 Å². The highest BCUT2D eigenvalue weighted by Crippen LogP contribution is 2.41. The molecule has 0 bridgehead atoms. The second kappa shape index (κ2) is 7.01. The number of aromatic nitrogens is 1. The van der Waals surface area contributed by atoms with E-state index in [1.54, 1.807) is 19.5 Å². The SMILES string of the molecule is COc1ccc2c(c1)C(NC(=O)CNc1cccnc1)CC(C)(C)O2. The van der Waals surface area contributed by atoms with Crippen LogP contribution in [0.2, 0.25) is 0 Å². The van der Waals surface area contributed by atoms with Crippen LogP contribution in [-0.2, 0) is 4.79 Å². The zero-order chi connectivity index (χ0) is 17.9. The molecule has 25 heavy (non-hydrogen) atoms. The van der Waals surface area contributed by atoms with Crippen LogP contribution >= 0.6 is 0 Å². The molecule has 132 valence electrons. The number of rotatable bonds is 5. The van der Waals surface area contributed by atoms with Crippen LogP contribution < -0.4 is 20.1 Å². The van der Waals surface area contributed by atoms with Crippen molar-refractivity contribution in [2.75, 3.05) is 19.0 Å². The fourth-order valence-electron chi connectivity index (χ4n) is 2.98. The van der Waals surface area contributed by atoms with Gasteiger partial charge in [-0.25, -0.2) is 0 Å². The Morgan fingerprint density at radius 1 is 1.40 bits per heavy atom. The fourth-order valence-corrected chi connectivity index (χ4v) is 2.98. The zero-order valence-corrected chi connectivity index (χ0v) is 14.7. The van der Waals surface area contributed by atoms with Gasteiger partial charge in [0.1, 0.15) is 17.1 Å². The first-order chi connectivity index (χ1) is 12.0. The summed E-state index contributed by atoms with van der Waals surface area (Å²) in [6, 6.07) is 9.24. The fraction of sp³-hybridized carbons (Fsp3) is 0.368. The number of benzene rings is 1. The van der Waals surface area contributed by atoms with Crippen molar-refractivity contribution in [3.05, 3.63) is 48.3 Å². The van der Waals surface area contributed by atoms with E-state index >= 15 is 0 Å². The average Bonchev–Trinajstić information content (AvgIpc) is 2.60. The number of carbonyl (C=O) groups is 1. The molecule has 1 atom stereocenters. The van der Waals surface area contributed by atoms with Crippen molar-refractivity contribution in [2.45, 2.75) is 31.9 Å². The van der Waals surface area contributed by atoms with Gasteiger partial charge in [0.15, 0.2) is 0 Å². The van der Waals surface area contributed by atoms with Crippen LogP contribution in [-0.4, -0.2) is 30.1 Å². The van der Waals surface area contributed by atoms with Crippen molar-refractivity contribution >= 4 is 11.6 Å². The number of carbonyl (C=O) groups excluding carboxylic acids is 1. The van der Waals surface area contributed by atoms with Gasteiger partial charge in [0.05, 0.1) is 25.4 Å². The third kappa shape index (κ3) is 4.21. The minimum absolute atomic E-state index is 0.0830.